The predicted molar refractivity (Wildman–Crippen MR) is 114 cm³/mol. The Morgan fingerprint density at radius 1 is 1.07 bits per heavy atom. The Hall–Kier alpha value is -3.32. The number of carbonyl (C=O) groups is 1. The van der Waals surface area contributed by atoms with Gasteiger partial charge in [-0.2, -0.15) is 0 Å². The van der Waals surface area contributed by atoms with E-state index < -0.39 is 0 Å². The summed E-state index contributed by atoms with van der Waals surface area (Å²) in [6.07, 6.45) is 0. The molecule has 0 spiro atoms. The molecule has 0 radical (unpaired) electrons. The summed E-state index contributed by atoms with van der Waals surface area (Å²) >= 11 is 1.28. The molecule has 2 heterocycles. The first-order chi connectivity index (χ1) is 13.5. The molecule has 0 atom stereocenters. The van der Waals surface area contributed by atoms with E-state index in [1.54, 1.807) is 32.4 Å². The largest absolute Gasteiger partial charge is 0.497 e. The number of aromatic nitrogens is 1. The van der Waals surface area contributed by atoms with Gasteiger partial charge in [0.15, 0.2) is 0 Å². The first-order valence-corrected chi connectivity index (χ1v) is 9.44. The number of hydrogen-bond donors (Lipinski definition) is 2. The monoisotopic (exact) mass is 393 g/mol. The molecule has 0 saturated heterocycles. The number of hydrogen-bond acceptors (Lipinski definition) is 6. The van der Waals surface area contributed by atoms with Gasteiger partial charge < -0.3 is 20.5 Å². The normalized spacial score (nSPS) is 11.0. The molecule has 0 aliphatic carbocycles. The van der Waals surface area contributed by atoms with E-state index >= 15 is 0 Å². The van der Waals surface area contributed by atoms with E-state index in [0.717, 1.165) is 26.7 Å². The molecule has 4 aromatic rings. The van der Waals surface area contributed by atoms with Crippen molar-refractivity contribution in [1.82, 2.24) is 4.98 Å². The molecule has 28 heavy (non-hydrogen) atoms. The van der Waals surface area contributed by atoms with Gasteiger partial charge in [-0.15, -0.1) is 11.3 Å². The minimum absolute atomic E-state index is 0.295. The van der Waals surface area contributed by atoms with Crippen molar-refractivity contribution in [2.24, 2.45) is 0 Å². The molecule has 7 heteroatoms. The van der Waals surface area contributed by atoms with Crippen LogP contribution in [0.2, 0.25) is 0 Å². The van der Waals surface area contributed by atoms with Gasteiger partial charge in [-0.05, 0) is 25.1 Å². The van der Waals surface area contributed by atoms with Gasteiger partial charge in [0, 0.05) is 34.7 Å². The van der Waals surface area contributed by atoms with Crippen LogP contribution in [0.1, 0.15) is 15.2 Å². The zero-order valence-corrected chi connectivity index (χ0v) is 16.5. The van der Waals surface area contributed by atoms with Crippen LogP contribution in [0, 0.1) is 6.92 Å². The number of ether oxygens (including phenoxy) is 2. The van der Waals surface area contributed by atoms with E-state index in [1.807, 2.05) is 25.1 Å². The second kappa shape index (κ2) is 7.01. The second-order valence-corrected chi connectivity index (χ2v) is 7.44. The molecule has 0 bridgehead atoms. The fourth-order valence-electron chi connectivity index (χ4n) is 3.06. The maximum atomic E-state index is 12.9. The number of aryl methyl sites for hydroxylation is 1. The minimum Gasteiger partial charge on any atom is -0.497 e. The number of thiophene rings is 1. The van der Waals surface area contributed by atoms with Crippen LogP contribution in [-0.2, 0) is 0 Å². The lowest BCUT2D eigenvalue weighted by atomic mass is 10.1. The van der Waals surface area contributed by atoms with Gasteiger partial charge in [-0.3, -0.25) is 4.79 Å². The van der Waals surface area contributed by atoms with Crippen LogP contribution < -0.4 is 20.5 Å². The lowest BCUT2D eigenvalue weighted by molar-refractivity contribution is 0.103. The molecule has 0 aliphatic rings. The number of nitrogens with one attached hydrogen (secondary N) is 1. The third-order valence-electron chi connectivity index (χ3n) is 4.48. The van der Waals surface area contributed by atoms with Crippen LogP contribution in [0.15, 0.2) is 42.5 Å². The lowest BCUT2D eigenvalue weighted by Gasteiger charge is -2.09. The van der Waals surface area contributed by atoms with E-state index in [4.69, 9.17) is 15.2 Å². The van der Waals surface area contributed by atoms with Gasteiger partial charge >= 0.3 is 0 Å². The number of amides is 1. The topological polar surface area (TPSA) is 86.5 Å². The highest BCUT2D eigenvalue weighted by Gasteiger charge is 2.18. The maximum absolute atomic E-state index is 12.9. The number of nitrogens with zero attached hydrogens (tertiary/aromatic N) is 1. The lowest BCUT2D eigenvalue weighted by Crippen LogP contribution is -2.12. The molecule has 0 unspecified atom stereocenters. The first kappa shape index (κ1) is 18.1. The summed E-state index contributed by atoms with van der Waals surface area (Å²) in [6.45, 7) is 2.03. The molecular formula is C21H19N3O3S. The minimum atomic E-state index is -0.295. The fraction of sp³-hybridized carbons (Fsp3) is 0.143. The van der Waals surface area contributed by atoms with Gasteiger partial charge in [0.25, 0.3) is 5.91 Å². The average molecular weight is 393 g/mol. The molecule has 3 N–H and O–H groups in total. The summed E-state index contributed by atoms with van der Waals surface area (Å²) in [4.78, 5) is 18.7. The van der Waals surface area contributed by atoms with Crippen molar-refractivity contribution in [3.8, 4) is 11.5 Å². The van der Waals surface area contributed by atoms with Crippen molar-refractivity contribution in [2.75, 3.05) is 25.3 Å². The molecule has 1 amide bonds. The number of rotatable bonds is 4. The van der Waals surface area contributed by atoms with Gasteiger partial charge in [0.2, 0.25) is 0 Å². The summed E-state index contributed by atoms with van der Waals surface area (Å²) < 4.78 is 10.5. The van der Waals surface area contributed by atoms with E-state index in [-0.39, 0.29) is 5.91 Å². The van der Waals surface area contributed by atoms with Crippen LogP contribution in [0.3, 0.4) is 0 Å². The van der Waals surface area contributed by atoms with E-state index in [2.05, 4.69) is 16.4 Å². The van der Waals surface area contributed by atoms with Crippen LogP contribution in [0.4, 0.5) is 11.4 Å². The third-order valence-corrected chi connectivity index (χ3v) is 5.60. The molecular weight excluding hydrogens is 374 g/mol. The van der Waals surface area contributed by atoms with Crippen LogP contribution in [0.5, 0.6) is 11.5 Å². The number of pyridine rings is 1. The Labute approximate surface area is 165 Å². The summed E-state index contributed by atoms with van der Waals surface area (Å²) in [5, 5.41) is 4.65. The van der Waals surface area contributed by atoms with Crippen molar-refractivity contribution in [3.05, 3.63) is 52.9 Å². The molecule has 0 aliphatic heterocycles. The van der Waals surface area contributed by atoms with Gasteiger partial charge in [0.1, 0.15) is 21.2 Å². The second-order valence-electron chi connectivity index (χ2n) is 6.44. The zero-order valence-electron chi connectivity index (χ0n) is 15.7. The molecule has 2 aromatic carbocycles. The summed E-state index contributed by atoms with van der Waals surface area (Å²) in [5.74, 6) is 0.876. The zero-order chi connectivity index (χ0) is 19.8. The summed E-state index contributed by atoms with van der Waals surface area (Å²) in [6, 6.07) is 13.2. The number of carbonyl (C=O) groups excluding carboxylic acids is 1. The van der Waals surface area contributed by atoms with E-state index in [9.17, 15) is 4.79 Å². The smallest absolute Gasteiger partial charge is 0.267 e. The average Bonchev–Trinajstić information content (AvgIpc) is 3.01. The van der Waals surface area contributed by atoms with Crippen molar-refractivity contribution in [3.63, 3.8) is 0 Å². The first-order valence-electron chi connectivity index (χ1n) is 8.62. The van der Waals surface area contributed by atoms with Crippen LogP contribution >= 0.6 is 11.3 Å². The molecule has 4 rings (SSSR count). The number of benzene rings is 2. The van der Waals surface area contributed by atoms with Crippen LogP contribution in [-0.4, -0.2) is 25.1 Å². The van der Waals surface area contributed by atoms with Gasteiger partial charge in [-0.1, -0.05) is 11.6 Å². The summed E-state index contributed by atoms with van der Waals surface area (Å²) in [7, 11) is 3.12. The highest BCUT2D eigenvalue weighted by Crippen LogP contribution is 2.35. The van der Waals surface area contributed by atoms with Crippen molar-refractivity contribution < 1.29 is 14.3 Å². The SMILES string of the molecule is COc1cc(NC(=O)c2sc3nc4ccc(C)cc4cc3c2N)cc(OC)c1. The van der Waals surface area contributed by atoms with Crippen molar-refractivity contribution in [2.45, 2.75) is 6.92 Å². The fourth-order valence-corrected chi connectivity index (χ4v) is 4.04. The Bertz CT molecular complexity index is 1190. The number of methoxy groups -OCH3 is 2. The summed E-state index contributed by atoms with van der Waals surface area (Å²) in [5.41, 5.74) is 9.31. The standard InChI is InChI=1S/C21H19N3O3S/c1-11-4-5-17-12(6-11)7-16-18(22)19(28-21(16)24-17)20(25)23-13-8-14(26-2)10-15(9-13)27-3/h4-10H,22H2,1-3H3,(H,23,25). The quantitative estimate of drug-likeness (QED) is 0.529. The molecule has 0 fully saturated rings. The molecule has 0 saturated carbocycles. The Kier molecular flexibility index (Phi) is 4.52. The number of nitrogens with two attached hydrogens (primary N) is 1. The van der Waals surface area contributed by atoms with E-state index in [1.165, 1.54) is 11.3 Å². The van der Waals surface area contributed by atoms with Gasteiger partial charge in [-0.25, -0.2) is 4.98 Å². The molecule has 142 valence electrons. The van der Waals surface area contributed by atoms with E-state index in [0.29, 0.717) is 27.8 Å². The Balaban J connectivity index is 1.73. The molecule has 2 aromatic heterocycles. The third kappa shape index (κ3) is 3.20. The molecule has 6 nitrogen and oxygen atoms in total. The maximum Gasteiger partial charge on any atom is 0.267 e. The highest BCUT2D eigenvalue weighted by molar-refractivity contribution is 7.21. The number of anilines is 2. The van der Waals surface area contributed by atoms with Gasteiger partial charge in [0.05, 0.1) is 25.4 Å². The number of fused-ring (bicyclic) bond motifs is 2. The highest BCUT2D eigenvalue weighted by atomic mass is 32.1. The van der Waals surface area contributed by atoms with Crippen molar-refractivity contribution >= 4 is 49.7 Å². The Morgan fingerprint density at radius 2 is 1.79 bits per heavy atom. The number of nitrogen functional groups attached to an aromatic ring is 1. The van der Waals surface area contributed by atoms with Crippen molar-refractivity contribution in [1.29, 1.82) is 0 Å². The Morgan fingerprint density at radius 3 is 2.46 bits per heavy atom. The predicted octanol–water partition coefficient (Wildman–Crippen LogP) is 4.61. The van der Waals surface area contributed by atoms with Crippen LogP contribution in [0.25, 0.3) is 21.1 Å².